The molecular formula is C10H10N2O2. The lowest BCUT2D eigenvalue weighted by molar-refractivity contribution is 0.00234. The molecule has 0 bridgehead atoms. The Morgan fingerprint density at radius 1 is 1.57 bits per heavy atom. The van der Waals surface area contributed by atoms with Crippen LogP contribution in [-0.2, 0) is 0 Å². The minimum atomic E-state index is -0.326. The van der Waals surface area contributed by atoms with E-state index in [1.54, 1.807) is 32.2 Å². The third-order valence-corrected chi connectivity index (χ3v) is 1.87. The third-order valence-electron chi connectivity index (χ3n) is 1.87. The summed E-state index contributed by atoms with van der Waals surface area (Å²) in [7, 11) is 1.56. The minimum absolute atomic E-state index is 0.326. The van der Waals surface area contributed by atoms with Crippen LogP contribution in [0.15, 0.2) is 18.2 Å². The van der Waals surface area contributed by atoms with Crippen LogP contribution in [0.2, 0.25) is 0 Å². The number of benzene rings is 1. The Balaban J connectivity index is 3.11. The highest BCUT2D eigenvalue weighted by Gasteiger charge is 2.10. The molecule has 0 amide bonds. The van der Waals surface area contributed by atoms with Gasteiger partial charge in [-0.25, -0.2) is 0 Å². The van der Waals surface area contributed by atoms with E-state index in [2.05, 4.69) is 4.79 Å². The van der Waals surface area contributed by atoms with Gasteiger partial charge in [0.15, 0.2) is 0 Å². The fraction of sp³-hybridized carbons (Fsp3) is 0.200. The van der Waals surface area contributed by atoms with Crippen molar-refractivity contribution in [3.05, 3.63) is 34.9 Å². The zero-order valence-corrected chi connectivity index (χ0v) is 8.02. The Kier molecular flexibility index (Phi) is 3.15. The zero-order valence-electron chi connectivity index (χ0n) is 8.02. The molecule has 0 aliphatic carbocycles. The van der Waals surface area contributed by atoms with E-state index in [0.717, 1.165) is 11.8 Å². The number of nitrogens with zero attached hydrogens (tertiary/aromatic N) is 2. The molecule has 0 aromatic heterocycles. The molecule has 72 valence electrons. The molecule has 0 heterocycles. The van der Waals surface area contributed by atoms with E-state index in [1.165, 1.54) is 0 Å². The second-order valence-corrected chi connectivity index (χ2v) is 2.79. The Labute approximate surface area is 81.7 Å². The van der Waals surface area contributed by atoms with E-state index in [9.17, 15) is 4.79 Å². The molecule has 0 saturated carbocycles. The van der Waals surface area contributed by atoms with Crippen LogP contribution in [-0.4, -0.2) is 23.9 Å². The van der Waals surface area contributed by atoms with Crippen LogP contribution in [0, 0.1) is 6.92 Å². The van der Waals surface area contributed by atoms with Gasteiger partial charge in [-0.1, -0.05) is 0 Å². The van der Waals surface area contributed by atoms with Gasteiger partial charge in [0.25, 0.3) is 5.78 Å². The van der Waals surface area contributed by atoms with E-state index in [-0.39, 0.29) is 5.78 Å². The minimum Gasteiger partial charge on any atom is -0.497 e. The summed E-state index contributed by atoms with van der Waals surface area (Å²) in [6.07, 6.45) is 0.870. The number of Topliss-reactive ketones (excluding diaryl/α,β-unsaturated/α-hetero) is 1. The van der Waals surface area contributed by atoms with Crippen molar-refractivity contribution in [1.82, 2.24) is 0 Å². The average molecular weight is 190 g/mol. The maximum Gasteiger partial charge on any atom is 0.328 e. The number of ether oxygens (including phenoxy) is 1. The second kappa shape index (κ2) is 4.35. The molecule has 4 heteroatoms. The van der Waals surface area contributed by atoms with E-state index in [0.29, 0.717) is 11.3 Å². The van der Waals surface area contributed by atoms with Crippen molar-refractivity contribution < 1.29 is 14.3 Å². The predicted molar refractivity (Wildman–Crippen MR) is 51.7 cm³/mol. The molecule has 1 aromatic carbocycles. The summed E-state index contributed by atoms with van der Waals surface area (Å²) in [6.45, 7) is 1.79. The highest BCUT2D eigenvalue weighted by molar-refractivity contribution is 6.33. The molecule has 0 atom stereocenters. The quantitative estimate of drug-likeness (QED) is 0.313. The first-order chi connectivity index (χ1) is 6.69. The van der Waals surface area contributed by atoms with Crippen LogP contribution in [0.3, 0.4) is 0 Å². The van der Waals surface area contributed by atoms with E-state index < -0.39 is 0 Å². The summed E-state index contributed by atoms with van der Waals surface area (Å²) >= 11 is 0. The lowest BCUT2D eigenvalue weighted by Gasteiger charge is -2.03. The number of aryl methyl sites for hydroxylation is 1. The largest absolute Gasteiger partial charge is 0.497 e. The fourth-order valence-corrected chi connectivity index (χ4v) is 1.16. The summed E-state index contributed by atoms with van der Waals surface area (Å²) in [6, 6.07) is 5.07. The van der Waals surface area contributed by atoms with Crippen molar-refractivity contribution >= 4 is 12.0 Å². The van der Waals surface area contributed by atoms with Crippen LogP contribution in [0.4, 0.5) is 0 Å². The Morgan fingerprint density at radius 3 is 2.79 bits per heavy atom. The van der Waals surface area contributed by atoms with E-state index in [1.807, 2.05) is 0 Å². The van der Waals surface area contributed by atoms with Gasteiger partial charge in [-0.05, 0) is 30.7 Å². The van der Waals surface area contributed by atoms with Crippen molar-refractivity contribution in [2.24, 2.45) is 0 Å². The molecule has 0 N–H and O–H groups in total. The van der Waals surface area contributed by atoms with Gasteiger partial charge in [-0.15, -0.1) is 0 Å². The van der Waals surface area contributed by atoms with Gasteiger partial charge in [-0.2, -0.15) is 4.79 Å². The van der Waals surface area contributed by atoms with Crippen molar-refractivity contribution in [1.29, 1.82) is 0 Å². The molecule has 0 aliphatic heterocycles. The Hall–Kier alpha value is -1.93. The number of hydrogen-bond donors (Lipinski definition) is 0. The van der Waals surface area contributed by atoms with Gasteiger partial charge >= 0.3 is 6.21 Å². The number of ketones is 1. The molecule has 4 nitrogen and oxygen atoms in total. The van der Waals surface area contributed by atoms with Crippen LogP contribution < -0.4 is 4.74 Å². The fourth-order valence-electron chi connectivity index (χ4n) is 1.16. The summed E-state index contributed by atoms with van der Waals surface area (Å²) in [5.41, 5.74) is 9.50. The molecule has 14 heavy (non-hydrogen) atoms. The van der Waals surface area contributed by atoms with Gasteiger partial charge in [0, 0.05) is 5.56 Å². The predicted octanol–water partition coefficient (Wildman–Crippen LogP) is 1.49. The van der Waals surface area contributed by atoms with Gasteiger partial charge in [0.1, 0.15) is 5.75 Å². The SMILES string of the molecule is COc1ccc(C(=O)C=[N+]=[N-])c(C)c1. The van der Waals surface area contributed by atoms with E-state index >= 15 is 0 Å². The smallest absolute Gasteiger partial charge is 0.328 e. The first-order valence-electron chi connectivity index (χ1n) is 4.05. The van der Waals surface area contributed by atoms with Gasteiger partial charge in [0.05, 0.1) is 7.11 Å². The van der Waals surface area contributed by atoms with Crippen LogP contribution in [0.5, 0.6) is 5.75 Å². The van der Waals surface area contributed by atoms with Crippen molar-refractivity contribution in [3.63, 3.8) is 0 Å². The molecule has 0 saturated heterocycles. The molecule has 1 rings (SSSR count). The summed E-state index contributed by atoms with van der Waals surface area (Å²) in [5.74, 6) is 0.368. The van der Waals surface area contributed by atoms with E-state index in [4.69, 9.17) is 10.3 Å². The first-order valence-corrected chi connectivity index (χ1v) is 4.05. The maximum atomic E-state index is 11.3. The number of hydrogen-bond acceptors (Lipinski definition) is 2. The molecule has 0 spiro atoms. The normalized spacial score (nSPS) is 9.00. The topological polar surface area (TPSA) is 62.7 Å². The number of rotatable bonds is 3. The summed E-state index contributed by atoms with van der Waals surface area (Å²) in [4.78, 5) is 14.0. The maximum absolute atomic E-state index is 11.3. The molecule has 0 unspecified atom stereocenters. The van der Waals surface area contributed by atoms with Crippen molar-refractivity contribution in [2.45, 2.75) is 6.92 Å². The van der Waals surface area contributed by atoms with Gasteiger partial charge in [-0.3, -0.25) is 4.79 Å². The lowest BCUT2D eigenvalue weighted by atomic mass is 10.1. The Bertz CT molecular complexity index is 407. The zero-order chi connectivity index (χ0) is 10.6. The highest BCUT2D eigenvalue weighted by Crippen LogP contribution is 2.16. The second-order valence-electron chi connectivity index (χ2n) is 2.79. The molecule has 0 fully saturated rings. The first kappa shape index (κ1) is 10.2. The summed E-state index contributed by atoms with van der Waals surface area (Å²) in [5, 5.41) is 0. The number of carbonyl (C=O) groups is 1. The van der Waals surface area contributed by atoms with Gasteiger partial charge < -0.3 is 10.3 Å². The van der Waals surface area contributed by atoms with Gasteiger partial charge in [0.2, 0.25) is 0 Å². The average Bonchev–Trinajstić information content (AvgIpc) is 2.17. The standard InChI is InChI=1S/C10H10N2O2/c1-7-5-8(14-2)3-4-9(7)10(13)6-12-11/h3-6H,1-2H3. The molecule has 0 radical (unpaired) electrons. The lowest BCUT2D eigenvalue weighted by Crippen LogP contribution is -2.03. The van der Waals surface area contributed by atoms with Crippen LogP contribution in [0.1, 0.15) is 15.9 Å². The monoisotopic (exact) mass is 190 g/mol. The number of carbonyl (C=O) groups excluding carboxylic acids is 1. The molecular weight excluding hydrogens is 180 g/mol. The molecule has 1 aromatic rings. The van der Waals surface area contributed by atoms with Crippen LogP contribution >= 0.6 is 0 Å². The van der Waals surface area contributed by atoms with Crippen molar-refractivity contribution in [2.75, 3.05) is 7.11 Å². The van der Waals surface area contributed by atoms with Crippen LogP contribution in [0.25, 0.3) is 5.53 Å². The summed E-state index contributed by atoms with van der Waals surface area (Å²) < 4.78 is 5.00. The third kappa shape index (κ3) is 2.06. The van der Waals surface area contributed by atoms with Crippen molar-refractivity contribution in [3.8, 4) is 5.75 Å². The Morgan fingerprint density at radius 2 is 2.29 bits per heavy atom. The molecule has 0 aliphatic rings. The highest BCUT2D eigenvalue weighted by atomic mass is 16.5. The number of methoxy groups -OCH3 is 1.